The Morgan fingerprint density at radius 3 is 2.46 bits per heavy atom. The number of hydrogen-bond donors (Lipinski definition) is 1. The molecule has 1 N–H and O–H groups in total. The van der Waals surface area contributed by atoms with Gasteiger partial charge in [0.15, 0.2) is 0 Å². The molecule has 3 heteroatoms. The summed E-state index contributed by atoms with van der Waals surface area (Å²) in [5, 5.41) is 2.81. The van der Waals surface area contributed by atoms with Crippen molar-refractivity contribution in [3.63, 3.8) is 0 Å². The van der Waals surface area contributed by atoms with E-state index < -0.39 is 0 Å². The first kappa shape index (κ1) is 13.3. The van der Waals surface area contributed by atoms with Crippen LogP contribution < -0.4 is 5.32 Å². The molecular formula is C10H13KNO. The van der Waals surface area contributed by atoms with Crippen LogP contribution in [0.1, 0.15) is 23.7 Å². The zero-order chi connectivity index (χ0) is 8.81. The van der Waals surface area contributed by atoms with Gasteiger partial charge in [0.2, 0.25) is 0 Å². The summed E-state index contributed by atoms with van der Waals surface area (Å²) in [6, 6.07) is 9.24. The molecule has 0 aliphatic heterocycles. The smallest absolute Gasteiger partial charge is 0.251 e. The van der Waals surface area contributed by atoms with Crippen molar-refractivity contribution in [3.05, 3.63) is 35.9 Å². The van der Waals surface area contributed by atoms with Crippen LogP contribution in [0, 0.1) is 0 Å². The van der Waals surface area contributed by atoms with Gasteiger partial charge >= 0.3 is 0 Å². The summed E-state index contributed by atoms with van der Waals surface area (Å²) in [7, 11) is 0. The second-order valence-electron chi connectivity index (χ2n) is 2.62. The maximum Gasteiger partial charge on any atom is 0.251 e. The number of benzene rings is 1. The molecule has 13 heavy (non-hydrogen) atoms. The molecule has 0 aromatic heterocycles. The fourth-order valence-corrected chi connectivity index (χ4v) is 0.930. The van der Waals surface area contributed by atoms with E-state index in [-0.39, 0.29) is 57.3 Å². The van der Waals surface area contributed by atoms with E-state index in [0.29, 0.717) is 0 Å². The number of rotatable bonds is 3. The zero-order valence-electron chi connectivity index (χ0n) is 8.21. The predicted molar refractivity (Wildman–Crippen MR) is 54.8 cm³/mol. The molecule has 1 rings (SSSR count). The zero-order valence-corrected chi connectivity index (χ0v) is 11.3. The Bertz CT molecular complexity index is 248. The van der Waals surface area contributed by atoms with E-state index in [2.05, 4.69) is 5.32 Å². The first-order valence-electron chi connectivity index (χ1n) is 4.18. The van der Waals surface area contributed by atoms with Crippen LogP contribution in [0.15, 0.2) is 30.3 Å². The summed E-state index contributed by atoms with van der Waals surface area (Å²) >= 11 is 0. The van der Waals surface area contributed by atoms with Crippen molar-refractivity contribution in [1.82, 2.24) is 5.32 Å². The van der Waals surface area contributed by atoms with Crippen LogP contribution in [0.2, 0.25) is 0 Å². The van der Waals surface area contributed by atoms with E-state index in [4.69, 9.17) is 0 Å². The SMILES string of the molecule is CCCNC(=O)c1ccccc1.[K]. The Hall–Kier alpha value is 0.326. The van der Waals surface area contributed by atoms with Gasteiger partial charge in [-0.25, -0.2) is 0 Å². The van der Waals surface area contributed by atoms with Crippen LogP contribution in [-0.2, 0) is 0 Å². The summed E-state index contributed by atoms with van der Waals surface area (Å²) in [5.41, 5.74) is 0.728. The third kappa shape index (κ3) is 4.93. The number of nitrogens with one attached hydrogen (secondary N) is 1. The van der Waals surface area contributed by atoms with E-state index >= 15 is 0 Å². The molecular weight excluding hydrogens is 189 g/mol. The third-order valence-corrected chi connectivity index (χ3v) is 1.57. The molecule has 1 amide bonds. The van der Waals surface area contributed by atoms with Gasteiger partial charge in [0.05, 0.1) is 0 Å². The third-order valence-electron chi connectivity index (χ3n) is 1.57. The molecule has 2 nitrogen and oxygen atoms in total. The topological polar surface area (TPSA) is 29.1 Å². The standard InChI is InChI=1S/C10H13NO.K/c1-2-8-11-10(12)9-6-4-3-5-7-9;/h3-7H,2,8H2,1H3,(H,11,12);. The quantitative estimate of drug-likeness (QED) is 0.738. The average molecular weight is 202 g/mol. The molecule has 0 fully saturated rings. The summed E-state index contributed by atoms with van der Waals surface area (Å²) in [4.78, 5) is 11.3. The summed E-state index contributed by atoms with van der Waals surface area (Å²) in [6.45, 7) is 2.78. The molecule has 0 atom stereocenters. The fourth-order valence-electron chi connectivity index (χ4n) is 0.930. The van der Waals surface area contributed by atoms with E-state index in [1.165, 1.54) is 0 Å². The molecule has 1 aromatic rings. The molecule has 65 valence electrons. The van der Waals surface area contributed by atoms with Gasteiger partial charge in [-0.15, -0.1) is 0 Å². The van der Waals surface area contributed by atoms with Crippen molar-refractivity contribution >= 4 is 57.3 Å². The molecule has 0 spiro atoms. The predicted octanol–water partition coefficient (Wildman–Crippen LogP) is 1.45. The van der Waals surface area contributed by atoms with Gasteiger partial charge in [0.25, 0.3) is 5.91 Å². The molecule has 0 unspecified atom stereocenters. The number of carbonyl (C=O) groups is 1. The van der Waals surface area contributed by atoms with Gasteiger partial charge in [-0.05, 0) is 18.6 Å². The minimum absolute atomic E-state index is 0. The van der Waals surface area contributed by atoms with Gasteiger partial charge in [0.1, 0.15) is 0 Å². The maximum absolute atomic E-state index is 11.3. The average Bonchev–Trinajstić information content (AvgIpc) is 2.15. The number of carbonyl (C=O) groups excluding carboxylic acids is 1. The van der Waals surface area contributed by atoms with Crippen LogP contribution in [0.5, 0.6) is 0 Å². The Kier molecular flexibility index (Phi) is 7.90. The van der Waals surface area contributed by atoms with Gasteiger partial charge in [-0.1, -0.05) is 25.1 Å². The van der Waals surface area contributed by atoms with E-state index in [1.807, 2.05) is 37.3 Å². The molecule has 0 heterocycles. The Balaban J connectivity index is 0.00000144. The van der Waals surface area contributed by atoms with E-state index in [0.717, 1.165) is 18.5 Å². The van der Waals surface area contributed by atoms with Crippen LogP contribution in [0.25, 0.3) is 0 Å². The Morgan fingerprint density at radius 2 is 1.92 bits per heavy atom. The van der Waals surface area contributed by atoms with Crippen LogP contribution in [0.3, 0.4) is 0 Å². The van der Waals surface area contributed by atoms with Crippen LogP contribution in [0.4, 0.5) is 0 Å². The molecule has 0 bridgehead atoms. The second kappa shape index (κ2) is 7.70. The van der Waals surface area contributed by atoms with E-state index in [1.54, 1.807) is 0 Å². The largest absolute Gasteiger partial charge is 0.352 e. The fraction of sp³-hybridized carbons (Fsp3) is 0.300. The Labute approximate surface area is 122 Å². The molecule has 0 saturated carbocycles. The minimum atomic E-state index is 0. The van der Waals surface area contributed by atoms with Crippen molar-refractivity contribution in [2.45, 2.75) is 13.3 Å². The summed E-state index contributed by atoms with van der Waals surface area (Å²) in [6.07, 6.45) is 0.971. The Morgan fingerprint density at radius 1 is 1.31 bits per heavy atom. The molecule has 1 radical (unpaired) electrons. The van der Waals surface area contributed by atoms with Crippen molar-refractivity contribution < 1.29 is 4.79 Å². The first-order valence-corrected chi connectivity index (χ1v) is 4.18. The van der Waals surface area contributed by atoms with Gasteiger partial charge < -0.3 is 5.32 Å². The molecule has 1 aromatic carbocycles. The minimum Gasteiger partial charge on any atom is -0.352 e. The van der Waals surface area contributed by atoms with Gasteiger partial charge in [0, 0.05) is 63.5 Å². The monoisotopic (exact) mass is 202 g/mol. The normalized spacial score (nSPS) is 8.69. The van der Waals surface area contributed by atoms with Crippen LogP contribution >= 0.6 is 0 Å². The number of hydrogen-bond acceptors (Lipinski definition) is 1. The molecule has 0 aliphatic carbocycles. The van der Waals surface area contributed by atoms with Crippen molar-refractivity contribution in [2.24, 2.45) is 0 Å². The first-order chi connectivity index (χ1) is 5.84. The molecule has 0 aliphatic rings. The summed E-state index contributed by atoms with van der Waals surface area (Å²) in [5.74, 6) is 0.0115. The number of amides is 1. The van der Waals surface area contributed by atoms with Gasteiger partial charge in [-0.3, -0.25) is 4.79 Å². The van der Waals surface area contributed by atoms with E-state index in [9.17, 15) is 4.79 Å². The van der Waals surface area contributed by atoms with Crippen molar-refractivity contribution in [2.75, 3.05) is 6.54 Å². The molecule has 0 saturated heterocycles. The second-order valence-corrected chi connectivity index (χ2v) is 2.62. The maximum atomic E-state index is 11.3. The van der Waals surface area contributed by atoms with Crippen molar-refractivity contribution in [3.8, 4) is 0 Å². The van der Waals surface area contributed by atoms with Crippen molar-refractivity contribution in [1.29, 1.82) is 0 Å². The van der Waals surface area contributed by atoms with Gasteiger partial charge in [-0.2, -0.15) is 0 Å². The van der Waals surface area contributed by atoms with Crippen LogP contribution in [-0.4, -0.2) is 63.8 Å². The summed E-state index contributed by atoms with van der Waals surface area (Å²) < 4.78 is 0.